The number of pyridine rings is 1. The molecule has 0 saturated carbocycles. The molecule has 0 fully saturated rings. The summed E-state index contributed by atoms with van der Waals surface area (Å²) in [5, 5.41) is 20.6. The zero-order valence-electron chi connectivity index (χ0n) is 18.7. The highest BCUT2D eigenvalue weighted by atomic mass is 35.5. The molecule has 0 saturated heterocycles. The lowest BCUT2D eigenvalue weighted by Crippen LogP contribution is -2.10. The van der Waals surface area contributed by atoms with E-state index in [4.69, 9.17) is 25.8 Å². The van der Waals surface area contributed by atoms with Crippen LogP contribution in [0, 0.1) is 11.3 Å². The maximum atomic E-state index is 10.8. The molecule has 11 heteroatoms. The monoisotopic (exact) mass is 509 g/mol. The summed E-state index contributed by atoms with van der Waals surface area (Å²) in [6, 6.07) is 15.3. The number of hydrogen-bond acceptors (Lipinski definition) is 9. The van der Waals surface area contributed by atoms with Crippen molar-refractivity contribution in [1.82, 2.24) is 20.0 Å². The number of benzene rings is 1. The Labute approximate surface area is 210 Å². The molecule has 0 spiro atoms. The number of rotatable bonds is 10. The zero-order valence-corrected chi connectivity index (χ0v) is 20.3. The third-order valence-electron chi connectivity index (χ3n) is 4.73. The lowest BCUT2D eigenvalue weighted by atomic mass is 10.0. The summed E-state index contributed by atoms with van der Waals surface area (Å²) in [5.74, 6) is -0.156. The van der Waals surface area contributed by atoms with E-state index < -0.39 is 0 Å². The Morgan fingerprint density at radius 1 is 1.23 bits per heavy atom. The van der Waals surface area contributed by atoms with Gasteiger partial charge in [0.25, 0.3) is 0 Å². The summed E-state index contributed by atoms with van der Waals surface area (Å²) in [5.41, 5.74) is 3.07. The van der Waals surface area contributed by atoms with Crippen molar-refractivity contribution in [1.29, 1.82) is 5.26 Å². The summed E-state index contributed by atoms with van der Waals surface area (Å²) < 4.78 is 17.6. The van der Waals surface area contributed by atoms with E-state index >= 15 is 0 Å². The number of carbonyl (C=O) groups is 1. The largest absolute Gasteiger partial charge is 0.470 e. The molecule has 0 aliphatic heterocycles. The maximum absolute atomic E-state index is 10.8. The van der Waals surface area contributed by atoms with Crippen molar-refractivity contribution in [2.45, 2.75) is 20.3 Å². The van der Waals surface area contributed by atoms with Crippen LogP contribution in [0.4, 0.5) is 0 Å². The second kappa shape index (κ2) is 11.6. The molecule has 0 N–H and O–H groups in total. The van der Waals surface area contributed by atoms with Gasteiger partial charge in [0.1, 0.15) is 37.3 Å². The van der Waals surface area contributed by atoms with E-state index in [9.17, 15) is 10.1 Å². The van der Waals surface area contributed by atoms with E-state index in [1.165, 1.54) is 11.6 Å². The minimum atomic E-state index is -0.360. The summed E-state index contributed by atoms with van der Waals surface area (Å²) in [6.45, 7) is 1.95. The van der Waals surface area contributed by atoms with E-state index in [1.54, 1.807) is 29.7 Å². The van der Waals surface area contributed by atoms with Crippen LogP contribution in [0.25, 0.3) is 21.7 Å². The molecule has 4 rings (SSSR count). The summed E-state index contributed by atoms with van der Waals surface area (Å²) in [7, 11) is 0. The minimum absolute atomic E-state index is 0.0586. The van der Waals surface area contributed by atoms with Gasteiger partial charge in [-0.2, -0.15) is 5.26 Å². The van der Waals surface area contributed by atoms with Crippen LogP contribution < -0.4 is 4.74 Å². The van der Waals surface area contributed by atoms with Gasteiger partial charge in [-0.15, -0.1) is 16.4 Å². The lowest BCUT2D eigenvalue weighted by Gasteiger charge is -2.12. The van der Waals surface area contributed by atoms with Gasteiger partial charge in [-0.25, -0.2) is 9.67 Å². The topological polar surface area (TPSA) is 112 Å². The minimum Gasteiger partial charge on any atom is -0.470 e. The molecule has 1 aromatic carbocycles. The molecular formula is C24H20ClN5O4S. The Kier molecular flexibility index (Phi) is 8.05. The molecule has 3 heterocycles. The van der Waals surface area contributed by atoms with Crippen molar-refractivity contribution in [2.75, 3.05) is 13.2 Å². The molecule has 0 amide bonds. The molecule has 35 heavy (non-hydrogen) atoms. The van der Waals surface area contributed by atoms with Crippen LogP contribution in [0.2, 0.25) is 5.02 Å². The molecule has 178 valence electrons. The van der Waals surface area contributed by atoms with Gasteiger partial charge < -0.3 is 14.2 Å². The third kappa shape index (κ3) is 6.42. The zero-order chi connectivity index (χ0) is 24.6. The molecular weight excluding hydrogens is 490 g/mol. The lowest BCUT2D eigenvalue weighted by molar-refractivity contribution is -0.142. The number of esters is 1. The van der Waals surface area contributed by atoms with Crippen molar-refractivity contribution in [3.05, 3.63) is 70.3 Å². The summed E-state index contributed by atoms with van der Waals surface area (Å²) in [4.78, 5) is 16.3. The third-order valence-corrected chi connectivity index (χ3v) is 5.87. The van der Waals surface area contributed by atoms with Gasteiger partial charge in [-0.3, -0.25) is 4.79 Å². The van der Waals surface area contributed by atoms with Crippen LogP contribution in [0.15, 0.2) is 54.0 Å². The predicted octanol–water partition coefficient (Wildman–Crippen LogP) is 4.71. The molecule has 0 bridgehead atoms. The molecule has 4 aromatic rings. The number of nitriles is 1. The molecule has 0 aliphatic carbocycles. The second-order valence-electron chi connectivity index (χ2n) is 7.25. The smallest absolute Gasteiger partial charge is 0.302 e. The van der Waals surface area contributed by atoms with E-state index in [-0.39, 0.29) is 38.4 Å². The van der Waals surface area contributed by atoms with Gasteiger partial charge in [0.15, 0.2) is 0 Å². The fourth-order valence-corrected chi connectivity index (χ4v) is 3.97. The van der Waals surface area contributed by atoms with Crippen LogP contribution in [-0.2, 0) is 27.6 Å². The maximum Gasteiger partial charge on any atom is 0.302 e. The van der Waals surface area contributed by atoms with Crippen LogP contribution in [0.3, 0.4) is 0 Å². The Bertz CT molecular complexity index is 1330. The van der Waals surface area contributed by atoms with Gasteiger partial charge in [0, 0.05) is 17.5 Å². The average molecular weight is 510 g/mol. The molecule has 0 radical (unpaired) electrons. The Morgan fingerprint density at radius 2 is 2.06 bits per heavy atom. The van der Waals surface area contributed by atoms with Crippen molar-refractivity contribution in [3.8, 4) is 33.6 Å². The van der Waals surface area contributed by atoms with Gasteiger partial charge in [-0.1, -0.05) is 35.0 Å². The summed E-state index contributed by atoms with van der Waals surface area (Å²) >= 11 is 7.60. The Hall–Kier alpha value is -3.78. The number of halogens is 1. The van der Waals surface area contributed by atoms with E-state index in [0.717, 1.165) is 10.4 Å². The van der Waals surface area contributed by atoms with Gasteiger partial charge >= 0.3 is 5.97 Å². The first kappa shape index (κ1) is 24.3. The Balaban J connectivity index is 1.52. The van der Waals surface area contributed by atoms with E-state index in [2.05, 4.69) is 21.4 Å². The molecule has 0 aliphatic rings. The molecule has 0 unspecified atom stereocenters. The fourth-order valence-electron chi connectivity index (χ4n) is 3.15. The Morgan fingerprint density at radius 3 is 2.77 bits per heavy atom. The number of carbonyl (C=O) groups excluding carboxylic acids is 1. The first-order valence-corrected chi connectivity index (χ1v) is 11.8. The average Bonchev–Trinajstić information content (AvgIpc) is 3.55. The van der Waals surface area contributed by atoms with Crippen molar-refractivity contribution >= 4 is 28.9 Å². The molecule has 3 aromatic heterocycles. The van der Waals surface area contributed by atoms with Gasteiger partial charge in [0.05, 0.1) is 23.4 Å². The highest BCUT2D eigenvalue weighted by Gasteiger charge is 2.18. The normalized spacial score (nSPS) is 10.7. The van der Waals surface area contributed by atoms with Crippen LogP contribution >= 0.6 is 22.9 Å². The SMILES string of the molecule is CC(=O)OCCOCn1cc(COc2nc(-c3cccs3)cc(-c3ccc(Cl)cc3)c2C#N)nn1. The molecule has 0 atom stereocenters. The van der Waals surface area contributed by atoms with Crippen molar-refractivity contribution in [2.24, 2.45) is 0 Å². The van der Waals surface area contributed by atoms with Gasteiger partial charge in [-0.05, 0) is 35.2 Å². The van der Waals surface area contributed by atoms with Crippen LogP contribution in [0.5, 0.6) is 5.88 Å². The number of aromatic nitrogens is 4. The van der Waals surface area contributed by atoms with E-state index in [1.807, 2.05) is 35.7 Å². The van der Waals surface area contributed by atoms with Crippen molar-refractivity contribution in [3.63, 3.8) is 0 Å². The van der Waals surface area contributed by atoms with Crippen molar-refractivity contribution < 1.29 is 19.0 Å². The number of nitrogens with zero attached hydrogens (tertiary/aromatic N) is 5. The van der Waals surface area contributed by atoms with E-state index in [0.29, 0.717) is 27.5 Å². The standard InChI is InChI=1S/C24H20ClN5O4S/c1-16(31)33-9-8-32-15-30-13-19(28-29-30)14-34-24-21(12-26)20(17-4-6-18(25)7-5-17)11-22(27-24)23-3-2-10-35-23/h2-7,10-11,13H,8-9,14-15H2,1H3. The number of thiophene rings is 1. The predicted molar refractivity (Wildman–Crippen MR) is 130 cm³/mol. The first-order valence-electron chi connectivity index (χ1n) is 10.5. The second-order valence-corrected chi connectivity index (χ2v) is 8.63. The van der Waals surface area contributed by atoms with Crippen LogP contribution in [0.1, 0.15) is 18.2 Å². The van der Waals surface area contributed by atoms with Crippen LogP contribution in [-0.4, -0.2) is 39.2 Å². The highest BCUT2D eigenvalue weighted by molar-refractivity contribution is 7.13. The highest BCUT2D eigenvalue weighted by Crippen LogP contribution is 2.35. The summed E-state index contributed by atoms with van der Waals surface area (Å²) in [6.07, 6.45) is 1.67. The number of hydrogen-bond donors (Lipinski definition) is 0. The van der Waals surface area contributed by atoms with Gasteiger partial charge in [0.2, 0.25) is 5.88 Å². The number of ether oxygens (including phenoxy) is 3. The quantitative estimate of drug-likeness (QED) is 0.223. The molecule has 9 nitrogen and oxygen atoms in total. The first-order chi connectivity index (χ1) is 17.0. The fraction of sp³-hybridized carbons (Fsp3) is 0.208.